The van der Waals surface area contributed by atoms with Crippen LogP contribution in [0.25, 0.3) is 5.65 Å². The van der Waals surface area contributed by atoms with Gasteiger partial charge in [-0.2, -0.15) is 4.98 Å². The minimum atomic E-state index is 0.471. The van der Waals surface area contributed by atoms with Crippen molar-refractivity contribution in [3.05, 3.63) is 23.1 Å². The Morgan fingerprint density at radius 2 is 2.29 bits per heavy atom. The fraction of sp³-hybridized carbons (Fsp3) is 0.333. The first-order chi connectivity index (χ1) is 6.76. The predicted octanol–water partition coefficient (Wildman–Crippen LogP) is 2.67. The normalized spacial score (nSPS) is 11.1. The highest BCUT2D eigenvalue weighted by Crippen LogP contribution is 2.19. The van der Waals surface area contributed by atoms with Crippen molar-refractivity contribution < 1.29 is 0 Å². The van der Waals surface area contributed by atoms with Crippen LogP contribution in [0.4, 0.5) is 0 Å². The molecule has 3 nitrogen and oxygen atoms in total. The first-order valence-corrected chi connectivity index (χ1v) is 5.94. The van der Waals surface area contributed by atoms with Gasteiger partial charge in [-0.1, -0.05) is 18.7 Å². The summed E-state index contributed by atoms with van der Waals surface area (Å²) in [5.41, 5.74) is 2.11. The van der Waals surface area contributed by atoms with Crippen LogP contribution in [0, 0.1) is 0 Å². The molecule has 0 fully saturated rings. The van der Waals surface area contributed by atoms with E-state index in [0.29, 0.717) is 5.28 Å². The van der Waals surface area contributed by atoms with Gasteiger partial charge in [-0.05, 0) is 35.9 Å². The maximum atomic E-state index is 6.01. The topological polar surface area (TPSA) is 30.2 Å². The number of fused-ring (bicyclic) bond motifs is 1. The Morgan fingerprint density at radius 3 is 2.93 bits per heavy atom. The van der Waals surface area contributed by atoms with Gasteiger partial charge in [0.2, 0.25) is 5.28 Å². The molecule has 0 unspecified atom stereocenters. The summed E-state index contributed by atoms with van der Waals surface area (Å²) < 4.78 is 1.81. The van der Waals surface area contributed by atoms with E-state index >= 15 is 0 Å². The monoisotopic (exact) mass is 227 g/mol. The van der Waals surface area contributed by atoms with Crippen LogP contribution in [-0.2, 0) is 6.42 Å². The Hall–Kier alpha value is -0.740. The second-order valence-electron chi connectivity index (χ2n) is 2.87. The molecule has 0 aliphatic rings. The molecule has 14 heavy (non-hydrogen) atoms. The summed E-state index contributed by atoms with van der Waals surface area (Å²) in [4.78, 5) is 8.56. The van der Waals surface area contributed by atoms with E-state index in [1.54, 1.807) is 4.40 Å². The molecule has 2 rings (SSSR count). The number of aryl methyl sites for hydroxylation is 1. The third-order valence-electron chi connectivity index (χ3n) is 2.09. The lowest BCUT2D eigenvalue weighted by Crippen LogP contribution is -1.96. The molecule has 0 saturated heterocycles. The van der Waals surface area contributed by atoms with Gasteiger partial charge in [0.05, 0.1) is 0 Å². The number of hydrogen-bond donors (Lipinski definition) is 0. The van der Waals surface area contributed by atoms with Gasteiger partial charge in [-0.25, -0.2) is 4.98 Å². The first-order valence-electron chi connectivity index (χ1n) is 4.33. The Morgan fingerprint density at radius 1 is 1.50 bits per heavy atom. The molecule has 0 aliphatic carbocycles. The fourth-order valence-electron chi connectivity index (χ4n) is 1.35. The van der Waals surface area contributed by atoms with Gasteiger partial charge in [-0.15, -0.1) is 0 Å². The van der Waals surface area contributed by atoms with Gasteiger partial charge >= 0.3 is 0 Å². The van der Waals surface area contributed by atoms with Crippen LogP contribution in [0.2, 0.25) is 5.28 Å². The molecule has 74 valence electrons. The molecule has 0 amide bonds. The largest absolute Gasteiger partial charge is 0.276 e. The Balaban J connectivity index is 2.73. The van der Waals surface area contributed by atoms with E-state index in [0.717, 1.165) is 17.2 Å². The number of nitrogens with zero attached hydrogens (tertiary/aromatic N) is 3. The van der Waals surface area contributed by atoms with Crippen molar-refractivity contribution in [2.45, 2.75) is 18.5 Å². The van der Waals surface area contributed by atoms with E-state index in [1.807, 2.05) is 18.5 Å². The maximum absolute atomic E-state index is 6.01. The third kappa shape index (κ3) is 1.48. The average molecular weight is 228 g/mol. The van der Waals surface area contributed by atoms with Crippen LogP contribution in [0.5, 0.6) is 0 Å². The lowest BCUT2D eigenvalue weighted by Gasteiger charge is -2.01. The van der Waals surface area contributed by atoms with Crippen molar-refractivity contribution in [3.8, 4) is 0 Å². The van der Waals surface area contributed by atoms with Gasteiger partial charge < -0.3 is 0 Å². The zero-order valence-electron chi connectivity index (χ0n) is 7.99. The van der Waals surface area contributed by atoms with Crippen molar-refractivity contribution in [2.75, 3.05) is 6.26 Å². The number of halogens is 1. The molecule has 0 atom stereocenters. The van der Waals surface area contributed by atoms with E-state index in [4.69, 9.17) is 11.6 Å². The number of rotatable bonds is 2. The Bertz CT molecular complexity index is 466. The standard InChI is InChI=1S/C9H10ClN3S/c1-3-6-4-5-13-7(6)11-9(14-2)12-8(13)10/h4-5H,3H2,1-2H3. The molecule has 0 spiro atoms. The van der Waals surface area contributed by atoms with E-state index in [1.165, 1.54) is 17.3 Å². The predicted molar refractivity (Wildman–Crippen MR) is 59.2 cm³/mol. The maximum Gasteiger partial charge on any atom is 0.210 e. The van der Waals surface area contributed by atoms with Gasteiger partial charge in [0, 0.05) is 6.20 Å². The SMILES string of the molecule is CCc1ccn2c(Cl)nc(SC)nc12. The second kappa shape index (κ2) is 3.79. The molecular formula is C9H10ClN3S. The molecular weight excluding hydrogens is 218 g/mol. The van der Waals surface area contributed by atoms with Gasteiger partial charge in [0.1, 0.15) is 5.65 Å². The molecule has 2 heterocycles. The Labute approximate surface area is 91.5 Å². The van der Waals surface area contributed by atoms with Crippen LogP contribution in [0.3, 0.4) is 0 Å². The molecule has 2 aromatic heterocycles. The molecule has 5 heteroatoms. The lowest BCUT2D eigenvalue weighted by atomic mass is 10.2. The van der Waals surface area contributed by atoms with Crippen LogP contribution < -0.4 is 0 Å². The molecule has 0 saturated carbocycles. The van der Waals surface area contributed by atoms with Crippen LogP contribution in [-0.4, -0.2) is 20.6 Å². The quantitative estimate of drug-likeness (QED) is 0.739. The summed E-state index contributed by atoms with van der Waals surface area (Å²) in [6, 6.07) is 2.03. The first kappa shape index (κ1) is 9.80. The van der Waals surface area contributed by atoms with E-state index in [9.17, 15) is 0 Å². The average Bonchev–Trinajstić information content (AvgIpc) is 2.61. The van der Waals surface area contributed by atoms with Gasteiger partial charge in [0.25, 0.3) is 0 Å². The van der Waals surface area contributed by atoms with Gasteiger partial charge in [-0.3, -0.25) is 4.40 Å². The smallest absolute Gasteiger partial charge is 0.210 e. The van der Waals surface area contributed by atoms with Crippen molar-refractivity contribution in [3.63, 3.8) is 0 Å². The van der Waals surface area contributed by atoms with Crippen molar-refractivity contribution >= 4 is 29.0 Å². The second-order valence-corrected chi connectivity index (χ2v) is 3.98. The Kier molecular flexibility index (Phi) is 2.65. The van der Waals surface area contributed by atoms with Crippen LogP contribution in [0.1, 0.15) is 12.5 Å². The molecule has 0 N–H and O–H groups in total. The molecule has 0 bridgehead atoms. The van der Waals surface area contributed by atoms with Crippen molar-refractivity contribution in [1.82, 2.24) is 14.4 Å². The highest BCUT2D eigenvalue weighted by Gasteiger charge is 2.07. The summed E-state index contributed by atoms with van der Waals surface area (Å²) in [7, 11) is 0. The summed E-state index contributed by atoms with van der Waals surface area (Å²) >= 11 is 7.51. The highest BCUT2D eigenvalue weighted by atomic mass is 35.5. The fourth-order valence-corrected chi connectivity index (χ4v) is 1.98. The summed E-state index contributed by atoms with van der Waals surface area (Å²) in [6.45, 7) is 2.10. The third-order valence-corrected chi connectivity index (χ3v) is 2.91. The summed E-state index contributed by atoms with van der Waals surface area (Å²) in [6.07, 6.45) is 4.80. The van der Waals surface area contributed by atoms with Gasteiger partial charge in [0.15, 0.2) is 5.16 Å². The number of aromatic nitrogens is 3. The van der Waals surface area contributed by atoms with E-state index < -0.39 is 0 Å². The zero-order valence-corrected chi connectivity index (χ0v) is 9.56. The minimum absolute atomic E-state index is 0.471. The van der Waals surface area contributed by atoms with Crippen molar-refractivity contribution in [1.29, 1.82) is 0 Å². The van der Waals surface area contributed by atoms with Crippen LogP contribution in [0.15, 0.2) is 17.4 Å². The molecule has 0 aromatic carbocycles. The highest BCUT2D eigenvalue weighted by molar-refractivity contribution is 7.98. The summed E-state index contributed by atoms with van der Waals surface area (Å²) in [5.74, 6) is 0. The number of thioether (sulfide) groups is 1. The molecule has 0 aliphatic heterocycles. The van der Waals surface area contributed by atoms with Crippen LogP contribution >= 0.6 is 23.4 Å². The molecule has 0 radical (unpaired) electrons. The summed E-state index contributed by atoms with van der Waals surface area (Å²) in [5, 5.41) is 1.19. The minimum Gasteiger partial charge on any atom is -0.276 e. The van der Waals surface area contributed by atoms with E-state index in [2.05, 4.69) is 16.9 Å². The lowest BCUT2D eigenvalue weighted by molar-refractivity contribution is 0.902. The number of hydrogen-bond acceptors (Lipinski definition) is 3. The molecule has 2 aromatic rings. The van der Waals surface area contributed by atoms with E-state index in [-0.39, 0.29) is 0 Å². The zero-order chi connectivity index (χ0) is 10.1. The van der Waals surface area contributed by atoms with Crippen molar-refractivity contribution in [2.24, 2.45) is 0 Å².